The quantitative estimate of drug-likeness (QED) is 0.348. The van der Waals surface area contributed by atoms with E-state index in [1.807, 2.05) is 19.0 Å². The van der Waals surface area contributed by atoms with E-state index in [-0.39, 0.29) is 40.0 Å². The summed E-state index contributed by atoms with van der Waals surface area (Å²) in [4.78, 5) is 24.9. The molecule has 3 N–H and O–H groups in total. The van der Waals surface area contributed by atoms with E-state index in [1.165, 1.54) is 36.4 Å². The predicted molar refractivity (Wildman–Crippen MR) is 113 cm³/mol. The van der Waals surface area contributed by atoms with Gasteiger partial charge in [0.25, 0.3) is 5.91 Å². The second kappa shape index (κ2) is 9.72. The molecule has 1 amide bonds. The predicted octanol–water partition coefficient (Wildman–Crippen LogP) is 3.62. The molecule has 0 aliphatic carbocycles. The van der Waals surface area contributed by atoms with Gasteiger partial charge in [0.1, 0.15) is 34.2 Å². The van der Waals surface area contributed by atoms with Crippen molar-refractivity contribution in [3.63, 3.8) is 0 Å². The number of aromatic hydroxyl groups is 2. The van der Waals surface area contributed by atoms with Crippen molar-refractivity contribution < 1.29 is 24.3 Å². The lowest BCUT2D eigenvalue weighted by Gasteiger charge is -2.11. The molecule has 10 nitrogen and oxygen atoms in total. The van der Waals surface area contributed by atoms with E-state index in [0.29, 0.717) is 12.3 Å². The number of phenols is 2. The highest BCUT2D eigenvalue weighted by Gasteiger charge is 2.21. The van der Waals surface area contributed by atoms with Crippen LogP contribution < -0.4 is 10.1 Å². The molecule has 0 bridgehead atoms. The number of aromatic nitrogens is 1. The van der Waals surface area contributed by atoms with E-state index >= 15 is 0 Å². The zero-order valence-corrected chi connectivity index (χ0v) is 17.0. The van der Waals surface area contributed by atoms with Gasteiger partial charge in [-0.3, -0.25) is 4.79 Å². The number of nitrogens with one attached hydrogen (secondary N) is 1. The van der Waals surface area contributed by atoms with E-state index < -0.39 is 5.91 Å². The maximum absolute atomic E-state index is 12.3. The Morgan fingerprint density at radius 1 is 1.19 bits per heavy atom. The number of rotatable bonds is 9. The molecule has 0 saturated heterocycles. The zero-order valence-electron chi connectivity index (χ0n) is 17.0. The molecule has 10 heteroatoms. The zero-order chi connectivity index (χ0) is 22.4. The summed E-state index contributed by atoms with van der Waals surface area (Å²) in [6.45, 7) is 1.31. The van der Waals surface area contributed by atoms with Crippen LogP contribution in [-0.2, 0) is 0 Å². The SMILES string of the molecule is CN(C)CCCNC(=O)c1cc(-c2c(O)cc(O)cc2Oc2ccc(N=O)cc2)on1. The van der Waals surface area contributed by atoms with Crippen molar-refractivity contribution in [2.75, 3.05) is 27.2 Å². The second-order valence-corrected chi connectivity index (χ2v) is 7.01. The average Bonchev–Trinajstić information content (AvgIpc) is 3.21. The summed E-state index contributed by atoms with van der Waals surface area (Å²) in [5, 5.41) is 29.6. The number of carbonyl (C=O) groups is 1. The summed E-state index contributed by atoms with van der Waals surface area (Å²) < 4.78 is 11.0. The number of nitroso groups, excluding NO2 is 1. The summed E-state index contributed by atoms with van der Waals surface area (Å²) in [5.74, 6) is -0.491. The molecule has 2 aromatic carbocycles. The minimum Gasteiger partial charge on any atom is -0.508 e. The van der Waals surface area contributed by atoms with Gasteiger partial charge < -0.3 is 29.7 Å². The van der Waals surface area contributed by atoms with Crippen LogP contribution in [0.2, 0.25) is 0 Å². The first-order valence-corrected chi connectivity index (χ1v) is 9.44. The Hall–Kier alpha value is -3.92. The molecule has 162 valence electrons. The molecule has 0 atom stereocenters. The first-order valence-electron chi connectivity index (χ1n) is 9.44. The molecule has 0 spiro atoms. The number of phenolic OH excluding ortho intramolecular Hbond substituents is 2. The minimum atomic E-state index is -0.411. The molecule has 0 radical (unpaired) electrons. The van der Waals surface area contributed by atoms with Crippen LogP contribution in [-0.4, -0.2) is 53.4 Å². The first-order chi connectivity index (χ1) is 14.9. The van der Waals surface area contributed by atoms with Crippen molar-refractivity contribution >= 4 is 11.6 Å². The number of benzene rings is 2. The molecule has 1 heterocycles. The second-order valence-electron chi connectivity index (χ2n) is 7.01. The summed E-state index contributed by atoms with van der Waals surface area (Å²) in [6, 6.07) is 9.70. The number of nitrogens with zero attached hydrogens (tertiary/aromatic N) is 3. The molecule has 0 saturated carbocycles. The van der Waals surface area contributed by atoms with Gasteiger partial charge in [0.05, 0.1) is 0 Å². The normalized spacial score (nSPS) is 10.8. The molecular weight excluding hydrogens is 404 g/mol. The van der Waals surface area contributed by atoms with Gasteiger partial charge in [-0.25, -0.2) is 0 Å². The first kappa shape index (κ1) is 21.8. The molecule has 0 unspecified atom stereocenters. The molecule has 31 heavy (non-hydrogen) atoms. The van der Waals surface area contributed by atoms with Crippen molar-refractivity contribution in [3.05, 3.63) is 53.1 Å². The van der Waals surface area contributed by atoms with Crippen LogP contribution >= 0.6 is 0 Å². The lowest BCUT2D eigenvalue weighted by atomic mass is 10.1. The van der Waals surface area contributed by atoms with Crippen molar-refractivity contribution in [2.45, 2.75) is 6.42 Å². The Morgan fingerprint density at radius 2 is 1.94 bits per heavy atom. The average molecular weight is 426 g/mol. The topological polar surface area (TPSA) is 137 Å². The third-order valence-corrected chi connectivity index (χ3v) is 4.29. The highest BCUT2D eigenvalue weighted by molar-refractivity contribution is 5.93. The molecule has 3 aromatic rings. The molecule has 0 aliphatic heterocycles. The van der Waals surface area contributed by atoms with Crippen LogP contribution in [0.4, 0.5) is 5.69 Å². The lowest BCUT2D eigenvalue weighted by molar-refractivity contribution is 0.0943. The van der Waals surface area contributed by atoms with Gasteiger partial charge in [0.15, 0.2) is 11.5 Å². The van der Waals surface area contributed by atoms with Gasteiger partial charge in [-0.2, -0.15) is 0 Å². The van der Waals surface area contributed by atoms with Gasteiger partial charge in [-0.15, -0.1) is 4.91 Å². The van der Waals surface area contributed by atoms with Gasteiger partial charge in [0.2, 0.25) is 0 Å². The third kappa shape index (κ3) is 5.58. The van der Waals surface area contributed by atoms with Gasteiger partial charge in [0, 0.05) is 24.7 Å². The van der Waals surface area contributed by atoms with Crippen LogP contribution in [0, 0.1) is 4.91 Å². The Bertz CT molecular complexity index is 1060. The maximum Gasteiger partial charge on any atom is 0.273 e. The fourth-order valence-electron chi connectivity index (χ4n) is 2.80. The Labute approximate surface area is 178 Å². The Morgan fingerprint density at radius 3 is 2.61 bits per heavy atom. The smallest absolute Gasteiger partial charge is 0.273 e. The monoisotopic (exact) mass is 426 g/mol. The number of carbonyl (C=O) groups excluding carboxylic acids is 1. The van der Waals surface area contributed by atoms with Crippen LogP contribution in [0.25, 0.3) is 11.3 Å². The summed E-state index contributed by atoms with van der Waals surface area (Å²) in [5.41, 5.74) is 0.372. The van der Waals surface area contributed by atoms with Crippen molar-refractivity contribution in [3.8, 4) is 34.3 Å². The van der Waals surface area contributed by atoms with Crippen LogP contribution in [0.3, 0.4) is 0 Å². The fourth-order valence-corrected chi connectivity index (χ4v) is 2.80. The van der Waals surface area contributed by atoms with Crippen LogP contribution in [0.1, 0.15) is 16.9 Å². The van der Waals surface area contributed by atoms with E-state index in [4.69, 9.17) is 9.26 Å². The molecule has 3 rings (SSSR count). The standard InChI is InChI=1S/C21H22N4O6/c1-25(2)9-3-8-22-21(28)16-12-19(31-24-16)20-17(27)10-14(26)11-18(20)30-15-6-4-13(23-29)5-7-15/h4-7,10-12,26-27H,3,8-9H2,1-2H3,(H,22,28). The van der Waals surface area contributed by atoms with E-state index in [1.54, 1.807) is 0 Å². The molecular formula is C21H22N4O6. The maximum atomic E-state index is 12.3. The van der Waals surface area contributed by atoms with Crippen molar-refractivity contribution in [2.24, 2.45) is 5.18 Å². The number of hydrogen-bond acceptors (Lipinski definition) is 9. The van der Waals surface area contributed by atoms with Gasteiger partial charge in [-0.05, 0) is 56.5 Å². The Balaban J connectivity index is 1.82. The lowest BCUT2D eigenvalue weighted by Crippen LogP contribution is -2.27. The summed E-state index contributed by atoms with van der Waals surface area (Å²) in [7, 11) is 3.89. The molecule has 0 aliphatic rings. The highest BCUT2D eigenvalue weighted by Crippen LogP contribution is 2.43. The number of amides is 1. The fraction of sp³-hybridized carbons (Fsp3) is 0.238. The van der Waals surface area contributed by atoms with Crippen molar-refractivity contribution in [1.82, 2.24) is 15.4 Å². The Kier molecular flexibility index (Phi) is 6.83. The van der Waals surface area contributed by atoms with Crippen LogP contribution in [0.15, 0.2) is 52.2 Å². The van der Waals surface area contributed by atoms with Crippen molar-refractivity contribution in [1.29, 1.82) is 0 Å². The van der Waals surface area contributed by atoms with E-state index in [0.717, 1.165) is 19.0 Å². The third-order valence-electron chi connectivity index (χ3n) is 4.29. The largest absolute Gasteiger partial charge is 0.508 e. The highest BCUT2D eigenvalue weighted by atomic mass is 16.5. The summed E-state index contributed by atoms with van der Waals surface area (Å²) in [6.07, 6.45) is 0.776. The van der Waals surface area contributed by atoms with Gasteiger partial charge in [-0.1, -0.05) is 5.16 Å². The van der Waals surface area contributed by atoms with Crippen LogP contribution in [0.5, 0.6) is 23.0 Å². The van der Waals surface area contributed by atoms with E-state index in [9.17, 15) is 19.9 Å². The summed E-state index contributed by atoms with van der Waals surface area (Å²) >= 11 is 0. The van der Waals surface area contributed by atoms with E-state index in [2.05, 4.69) is 15.7 Å². The van der Waals surface area contributed by atoms with Gasteiger partial charge >= 0.3 is 0 Å². The molecule has 1 aromatic heterocycles. The number of hydrogen-bond donors (Lipinski definition) is 3. The molecule has 0 fully saturated rings. The number of ether oxygens (including phenoxy) is 1. The minimum absolute atomic E-state index is 0.0414.